The van der Waals surface area contributed by atoms with Crippen LogP contribution in [0.2, 0.25) is 5.02 Å². The Kier molecular flexibility index (Phi) is 8.56. The van der Waals surface area contributed by atoms with Gasteiger partial charge in [0, 0.05) is 49.9 Å². The van der Waals surface area contributed by atoms with E-state index in [-0.39, 0.29) is 24.7 Å². The second-order valence-corrected chi connectivity index (χ2v) is 5.51. The fourth-order valence-electron chi connectivity index (χ4n) is 2.41. The molecule has 0 aromatic heterocycles. The van der Waals surface area contributed by atoms with Gasteiger partial charge in [-0.1, -0.05) is 11.6 Å². The first-order valence-corrected chi connectivity index (χ1v) is 7.59. The van der Waals surface area contributed by atoms with E-state index in [0.29, 0.717) is 17.3 Å². The number of amides is 1. The summed E-state index contributed by atoms with van der Waals surface area (Å²) >= 11 is 5.96. The molecule has 1 aromatic rings. The van der Waals surface area contributed by atoms with Crippen LogP contribution in [-0.4, -0.2) is 57.2 Å². The van der Waals surface area contributed by atoms with Crippen molar-refractivity contribution in [2.24, 2.45) is 0 Å². The molecule has 1 aliphatic rings. The van der Waals surface area contributed by atoms with Crippen molar-refractivity contribution < 1.29 is 9.53 Å². The Bertz CT molecular complexity index is 480. The topological polar surface area (TPSA) is 53.6 Å². The molecule has 0 saturated carbocycles. The number of benzene rings is 1. The molecule has 0 radical (unpaired) electrons. The summed E-state index contributed by atoms with van der Waals surface area (Å²) in [6.07, 6.45) is 0.283. The molecule has 124 valence electrons. The number of halogens is 2. The first kappa shape index (κ1) is 19.0. The van der Waals surface area contributed by atoms with Gasteiger partial charge in [-0.3, -0.25) is 9.69 Å². The van der Waals surface area contributed by atoms with Crippen LogP contribution in [0.4, 0.5) is 0 Å². The van der Waals surface area contributed by atoms with Crippen molar-refractivity contribution in [3.05, 3.63) is 28.8 Å². The van der Waals surface area contributed by atoms with Gasteiger partial charge in [0.05, 0.1) is 13.5 Å². The van der Waals surface area contributed by atoms with Crippen LogP contribution in [0, 0.1) is 0 Å². The third-order valence-electron chi connectivity index (χ3n) is 3.55. The number of ether oxygens (including phenoxy) is 1. The van der Waals surface area contributed by atoms with Gasteiger partial charge in [0.1, 0.15) is 5.75 Å². The maximum atomic E-state index is 12.0. The number of hydrogen-bond donors (Lipinski definition) is 2. The molecule has 2 N–H and O–H groups in total. The van der Waals surface area contributed by atoms with Crippen LogP contribution in [0.3, 0.4) is 0 Å². The number of rotatable bonds is 6. The van der Waals surface area contributed by atoms with E-state index in [0.717, 1.165) is 38.3 Å². The summed E-state index contributed by atoms with van der Waals surface area (Å²) in [5, 5.41) is 6.87. The number of piperazine rings is 1. The van der Waals surface area contributed by atoms with Crippen molar-refractivity contribution in [2.45, 2.75) is 6.42 Å². The maximum Gasteiger partial charge on any atom is 0.224 e. The number of methoxy groups -OCH3 is 1. The average molecular weight is 348 g/mol. The minimum absolute atomic E-state index is 0. The van der Waals surface area contributed by atoms with E-state index in [1.54, 1.807) is 25.3 Å². The highest BCUT2D eigenvalue weighted by Gasteiger charge is 2.11. The van der Waals surface area contributed by atoms with Crippen LogP contribution in [0.1, 0.15) is 5.56 Å². The second kappa shape index (κ2) is 9.90. The monoisotopic (exact) mass is 347 g/mol. The number of nitrogens with zero attached hydrogens (tertiary/aromatic N) is 1. The van der Waals surface area contributed by atoms with E-state index < -0.39 is 0 Å². The Labute approximate surface area is 142 Å². The van der Waals surface area contributed by atoms with Crippen molar-refractivity contribution in [2.75, 3.05) is 46.4 Å². The zero-order valence-corrected chi connectivity index (χ0v) is 14.3. The fraction of sp³-hybridized carbons (Fsp3) is 0.533. The zero-order chi connectivity index (χ0) is 15.1. The Morgan fingerprint density at radius 2 is 2.14 bits per heavy atom. The molecular weight excluding hydrogens is 325 g/mol. The molecule has 0 aliphatic carbocycles. The highest BCUT2D eigenvalue weighted by Crippen LogP contribution is 2.22. The predicted octanol–water partition coefficient (Wildman–Crippen LogP) is 1.33. The van der Waals surface area contributed by atoms with E-state index in [2.05, 4.69) is 15.5 Å². The normalized spacial score (nSPS) is 15.0. The number of carbonyl (C=O) groups is 1. The Balaban J connectivity index is 0.00000242. The highest BCUT2D eigenvalue weighted by molar-refractivity contribution is 6.30. The molecular formula is C15H23Cl2N3O2. The van der Waals surface area contributed by atoms with Gasteiger partial charge in [-0.25, -0.2) is 0 Å². The zero-order valence-electron chi connectivity index (χ0n) is 12.7. The highest BCUT2D eigenvalue weighted by atomic mass is 35.5. The molecule has 1 aliphatic heterocycles. The van der Waals surface area contributed by atoms with Crippen LogP contribution in [0.5, 0.6) is 5.75 Å². The van der Waals surface area contributed by atoms with Gasteiger partial charge in [-0.2, -0.15) is 0 Å². The molecule has 0 atom stereocenters. The van der Waals surface area contributed by atoms with Gasteiger partial charge in [0.2, 0.25) is 5.91 Å². The summed E-state index contributed by atoms with van der Waals surface area (Å²) in [6, 6.07) is 5.31. The average Bonchev–Trinajstić information content (AvgIpc) is 2.48. The van der Waals surface area contributed by atoms with Crippen LogP contribution in [-0.2, 0) is 11.2 Å². The molecule has 1 saturated heterocycles. The molecule has 1 fully saturated rings. The Morgan fingerprint density at radius 3 is 2.82 bits per heavy atom. The first-order valence-electron chi connectivity index (χ1n) is 7.21. The van der Waals surface area contributed by atoms with Crippen LogP contribution >= 0.6 is 24.0 Å². The smallest absolute Gasteiger partial charge is 0.224 e. The number of carbonyl (C=O) groups excluding carboxylic acids is 1. The third kappa shape index (κ3) is 6.01. The van der Waals surface area contributed by atoms with Crippen molar-refractivity contribution in [3.8, 4) is 5.75 Å². The van der Waals surface area contributed by atoms with Gasteiger partial charge in [-0.15, -0.1) is 12.4 Å². The lowest BCUT2D eigenvalue weighted by molar-refractivity contribution is -0.120. The summed E-state index contributed by atoms with van der Waals surface area (Å²) in [5.74, 6) is 0.683. The molecule has 0 spiro atoms. The van der Waals surface area contributed by atoms with Crippen molar-refractivity contribution in [1.29, 1.82) is 0 Å². The molecule has 1 heterocycles. The van der Waals surface area contributed by atoms with Crippen LogP contribution < -0.4 is 15.4 Å². The van der Waals surface area contributed by atoms with Crippen LogP contribution in [0.15, 0.2) is 18.2 Å². The van der Waals surface area contributed by atoms with Crippen LogP contribution in [0.25, 0.3) is 0 Å². The predicted molar refractivity (Wildman–Crippen MR) is 91.3 cm³/mol. The molecule has 0 bridgehead atoms. The summed E-state index contributed by atoms with van der Waals surface area (Å²) < 4.78 is 5.25. The molecule has 1 amide bonds. The van der Waals surface area contributed by atoms with E-state index >= 15 is 0 Å². The number of nitrogens with one attached hydrogen (secondary N) is 2. The first-order chi connectivity index (χ1) is 10.2. The Morgan fingerprint density at radius 1 is 1.41 bits per heavy atom. The third-order valence-corrected chi connectivity index (χ3v) is 3.79. The van der Waals surface area contributed by atoms with E-state index in [9.17, 15) is 4.79 Å². The molecule has 5 nitrogen and oxygen atoms in total. The van der Waals surface area contributed by atoms with Gasteiger partial charge in [-0.05, 0) is 18.2 Å². The second-order valence-electron chi connectivity index (χ2n) is 5.07. The van der Waals surface area contributed by atoms with Gasteiger partial charge in [0.15, 0.2) is 0 Å². The van der Waals surface area contributed by atoms with Gasteiger partial charge >= 0.3 is 0 Å². The van der Waals surface area contributed by atoms with Crippen molar-refractivity contribution in [1.82, 2.24) is 15.5 Å². The van der Waals surface area contributed by atoms with E-state index in [1.165, 1.54) is 0 Å². The summed E-state index contributed by atoms with van der Waals surface area (Å²) in [4.78, 5) is 14.3. The summed E-state index contributed by atoms with van der Waals surface area (Å²) in [5.41, 5.74) is 0.810. The fourth-order valence-corrected chi connectivity index (χ4v) is 2.60. The lowest BCUT2D eigenvalue weighted by Crippen LogP contribution is -2.46. The lowest BCUT2D eigenvalue weighted by atomic mass is 10.1. The quantitative estimate of drug-likeness (QED) is 0.815. The molecule has 1 aromatic carbocycles. The largest absolute Gasteiger partial charge is 0.496 e. The van der Waals surface area contributed by atoms with E-state index in [4.69, 9.17) is 16.3 Å². The summed E-state index contributed by atoms with van der Waals surface area (Å²) in [6.45, 7) is 5.68. The Hall–Kier alpha value is -1.01. The minimum Gasteiger partial charge on any atom is -0.496 e. The minimum atomic E-state index is -0.00861. The summed E-state index contributed by atoms with van der Waals surface area (Å²) in [7, 11) is 1.59. The molecule has 22 heavy (non-hydrogen) atoms. The number of hydrogen-bond acceptors (Lipinski definition) is 4. The molecule has 0 unspecified atom stereocenters. The van der Waals surface area contributed by atoms with Gasteiger partial charge < -0.3 is 15.4 Å². The van der Waals surface area contributed by atoms with Gasteiger partial charge in [0.25, 0.3) is 0 Å². The molecule has 2 rings (SSSR count). The van der Waals surface area contributed by atoms with Crippen molar-refractivity contribution >= 4 is 29.9 Å². The van der Waals surface area contributed by atoms with E-state index in [1.807, 2.05) is 0 Å². The maximum absolute atomic E-state index is 12.0. The SMILES string of the molecule is COc1ccc(Cl)cc1CC(=O)NCCN1CCNCC1.Cl. The lowest BCUT2D eigenvalue weighted by Gasteiger charge is -2.27. The standard InChI is InChI=1S/C15H22ClN3O2.ClH/c1-21-14-3-2-13(16)10-12(14)11-15(20)18-6-9-19-7-4-17-5-8-19;/h2-3,10,17H,4-9,11H2,1H3,(H,18,20);1H. The van der Waals surface area contributed by atoms with Crippen molar-refractivity contribution in [3.63, 3.8) is 0 Å². The molecule has 7 heteroatoms.